The summed E-state index contributed by atoms with van der Waals surface area (Å²) in [5.74, 6) is -0.805. The summed E-state index contributed by atoms with van der Waals surface area (Å²) in [4.78, 5) is 28.6. The van der Waals surface area contributed by atoms with Crippen molar-refractivity contribution in [2.45, 2.75) is 40.5 Å². The lowest BCUT2D eigenvalue weighted by Crippen LogP contribution is -2.23. The second-order valence-corrected chi connectivity index (χ2v) is 6.92. The molecule has 26 heavy (non-hydrogen) atoms. The second kappa shape index (κ2) is 8.32. The molecule has 0 saturated heterocycles. The number of rotatable bonds is 5. The van der Waals surface area contributed by atoms with Crippen molar-refractivity contribution in [3.8, 4) is 0 Å². The monoisotopic (exact) mass is 374 g/mol. The molecule has 6 heteroatoms. The molecule has 1 amide bonds. The van der Waals surface area contributed by atoms with Gasteiger partial charge >= 0.3 is 5.97 Å². The van der Waals surface area contributed by atoms with E-state index in [4.69, 9.17) is 16.3 Å². The smallest absolute Gasteiger partial charge is 0.342 e. The lowest BCUT2D eigenvalue weighted by molar-refractivity contribution is -0.119. The normalized spacial score (nSPS) is 10.7. The van der Waals surface area contributed by atoms with Gasteiger partial charge < -0.3 is 10.1 Å². The fourth-order valence-electron chi connectivity index (χ4n) is 2.76. The van der Waals surface area contributed by atoms with Crippen molar-refractivity contribution < 1.29 is 14.3 Å². The van der Waals surface area contributed by atoms with Crippen LogP contribution in [0.5, 0.6) is 0 Å². The highest BCUT2D eigenvalue weighted by molar-refractivity contribution is 6.32. The molecule has 0 fully saturated rings. The Kier molecular flexibility index (Phi) is 6.37. The quantitative estimate of drug-likeness (QED) is 0.614. The first-order valence-electron chi connectivity index (χ1n) is 8.41. The van der Waals surface area contributed by atoms with Gasteiger partial charge in [0, 0.05) is 11.4 Å². The van der Waals surface area contributed by atoms with Crippen molar-refractivity contribution in [2.75, 3.05) is 11.9 Å². The van der Waals surface area contributed by atoms with Crippen molar-refractivity contribution in [1.82, 2.24) is 4.98 Å². The number of amides is 1. The number of hydrogen-bond acceptors (Lipinski definition) is 4. The first-order chi connectivity index (χ1) is 12.2. The van der Waals surface area contributed by atoms with Crippen LogP contribution in [0.3, 0.4) is 0 Å². The molecule has 2 aromatic rings. The topological polar surface area (TPSA) is 68.3 Å². The number of aromatic nitrogens is 1. The molecule has 1 heterocycles. The van der Waals surface area contributed by atoms with Crippen LogP contribution in [0.15, 0.2) is 24.3 Å². The number of hydrogen-bond donors (Lipinski definition) is 1. The molecule has 5 nitrogen and oxygen atoms in total. The highest BCUT2D eigenvalue weighted by Crippen LogP contribution is 2.27. The number of nitrogens with one attached hydrogen (secondary N) is 1. The van der Waals surface area contributed by atoms with E-state index < -0.39 is 18.5 Å². The molecule has 0 aliphatic rings. The highest BCUT2D eigenvalue weighted by atomic mass is 35.5. The van der Waals surface area contributed by atoms with Crippen molar-refractivity contribution in [3.05, 3.63) is 57.4 Å². The molecule has 0 atom stereocenters. The molecule has 1 aromatic heterocycles. The summed E-state index contributed by atoms with van der Waals surface area (Å²) in [6.07, 6.45) is 0. The predicted molar refractivity (Wildman–Crippen MR) is 103 cm³/mol. The summed E-state index contributed by atoms with van der Waals surface area (Å²) in [7, 11) is 0. The average Bonchev–Trinajstić information content (AvgIpc) is 2.53. The Hall–Kier alpha value is -2.40. The molecule has 0 saturated carbocycles. The zero-order valence-corrected chi connectivity index (χ0v) is 16.4. The molecule has 0 aliphatic heterocycles. The number of ether oxygens (including phenoxy) is 1. The molecule has 138 valence electrons. The number of pyridine rings is 1. The lowest BCUT2D eigenvalue weighted by Gasteiger charge is -2.16. The van der Waals surface area contributed by atoms with Crippen LogP contribution in [-0.2, 0) is 9.53 Å². The van der Waals surface area contributed by atoms with Crippen LogP contribution >= 0.6 is 11.6 Å². The van der Waals surface area contributed by atoms with E-state index in [2.05, 4.69) is 24.1 Å². The maximum atomic E-state index is 12.3. The van der Waals surface area contributed by atoms with Gasteiger partial charge in [0.2, 0.25) is 0 Å². The van der Waals surface area contributed by atoms with Gasteiger partial charge in [0.1, 0.15) is 5.15 Å². The molecule has 0 spiro atoms. The zero-order chi connectivity index (χ0) is 19.4. The maximum absolute atomic E-state index is 12.3. The van der Waals surface area contributed by atoms with Crippen molar-refractivity contribution in [1.29, 1.82) is 0 Å². The predicted octanol–water partition coefficient (Wildman–Crippen LogP) is 4.58. The first kappa shape index (κ1) is 19.9. The fraction of sp³-hybridized carbons (Fsp3) is 0.350. The summed E-state index contributed by atoms with van der Waals surface area (Å²) in [6, 6.07) is 7.59. The Labute approximate surface area is 158 Å². The van der Waals surface area contributed by atoms with Gasteiger partial charge in [0.15, 0.2) is 6.61 Å². The number of benzene rings is 1. The number of aryl methyl sites for hydroxylation is 3. The van der Waals surface area contributed by atoms with Gasteiger partial charge in [-0.25, -0.2) is 9.78 Å². The Bertz CT molecular complexity index is 824. The van der Waals surface area contributed by atoms with E-state index in [0.717, 1.165) is 16.8 Å². The zero-order valence-electron chi connectivity index (χ0n) is 15.6. The van der Waals surface area contributed by atoms with E-state index in [0.29, 0.717) is 11.3 Å². The van der Waals surface area contributed by atoms with E-state index in [1.807, 2.05) is 25.1 Å². The third kappa shape index (κ3) is 4.61. The number of para-hydroxylation sites is 1. The van der Waals surface area contributed by atoms with Gasteiger partial charge in [0.25, 0.3) is 5.91 Å². The molecular formula is C20H23ClN2O3. The Morgan fingerprint density at radius 1 is 1.19 bits per heavy atom. The molecule has 2 rings (SSSR count). The van der Waals surface area contributed by atoms with Crippen molar-refractivity contribution in [2.24, 2.45) is 0 Å². The van der Waals surface area contributed by atoms with E-state index in [1.54, 1.807) is 19.9 Å². The number of halogens is 1. The Morgan fingerprint density at radius 2 is 1.88 bits per heavy atom. The Balaban J connectivity index is 2.08. The highest BCUT2D eigenvalue weighted by Gasteiger charge is 2.19. The van der Waals surface area contributed by atoms with Crippen LogP contribution in [0, 0.1) is 20.8 Å². The van der Waals surface area contributed by atoms with E-state index in [-0.39, 0.29) is 16.6 Å². The van der Waals surface area contributed by atoms with Gasteiger partial charge in [-0.2, -0.15) is 0 Å². The van der Waals surface area contributed by atoms with Gasteiger partial charge in [-0.15, -0.1) is 0 Å². The number of anilines is 1. The average molecular weight is 375 g/mol. The third-order valence-electron chi connectivity index (χ3n) is 4.03. The van der Waals surface area contributed by atoms with Crippen LogP contribution < -0.4 is 5.32 Å². The third-order valence-corrected chi connectivity index (χ3v) is 4.30. The van der Waals surface area contributed by atoms with Crippen molar-refractivity contribution in [3.63, 3.8) is 0 Å². The molecule has 0 radical (unpaired) electrons. The van der Waals surface area contributed by atoms with Crippen LogP contribution in [0.1, 0.15) is 52.5 Å². The summed E-state index contributed by atoms with van der Waals surface area (Å²) in [5.41, 5.74) is 4.30. The van der Waals surface area contributed by atoms with E-state index >= 15 is 0 Å². The lowest BCUT2D eigenvalue weighted by atomic mass is 9.98. The molecular weight excluding hydrogens is 352 g/mol. The van der Waals surface area contributed by atoms with Gasteiger partial charge in [-0.05, 0) is 49.4 Å². The van der Waals surface area contributed by atoms with Crippen molar-refractivity contribution >= 4 is 29.2 Å². The molecule has 0 unspecified atom stereocenters. The first-order valence-corrected chi connectivity index (χ1v) is 8.78. The SMILES string of the molecule is Cc1cc(C)c(C(=O)OCC(=O)Nc2c(C)cccc2C(C)C)c(Cl)n1. The van der Waals surface area contributed by atoms with E-state index in [9.17, 15) is 9.59 Å². The Morgan fingerprint density at radius 3 is 2.50 bits per heavy atom. The molecule has 0 bridgehead atoms. The number of carbonyl (C=O) groups excluding carboxylic acids is 2. The molecule has 1 N–H and O–H groups in total. The fourth-order valence-corrected chi connectivity index (χ4v) is 3.12. The van der Waals surface area contributed by atoms with Crippen LogP contribution in [0.2, 0.25) is 5.15 Å². The maximum Gasteiger partial charge on any atom is 0.342 e. The van der Waals surface area contributed by atoms with Crippen LogP contribution in [0.4, 0.5) is 5.69 Å². The largest absolute Gasteiger partial charge is 0.452 e. The van der Waals surface area contributed by atoms with Gasteiger partial charge in [0.05, 0.1) is 5.56 Å². The number of esters is 1. The minimum absolute atomic E-state index is 0.0777. The molecule has 0 aliphatic carbocycles. The minimum atomic E-state index is -0.663. The second-order valence-electron chi connectivity index (χ2n) is 6.56. The van der Waals surface area contributed by atoms with Gasteiger partial charge in [-0.1, -0.05) is 43.6 Å². The van der Waals surface area contributed by atoms with E-state index in [1.165, 1.54) is 0 Å². The van der Waals surface area contributed by atoms with Crippen LogP contribution in [-0.4, -0.2) is 23.5 Å². The summed E-state index contributed by atoms with van der Waals surface area (Å²) < 4.78 is 5.13. The summed E-state index contributed by atoms with van der Waals surface area (Å²) in [6.45, 7) is 9.18. The summed E-state index contributed by atoms with van der Waals surface area (Å²) in [5, 5.41) is 2.92. The van der Waals surface area contributed by atoms with Crippen LogP contribution in [0.25, 0.3) is 0 Å². The minimum Gasteiger partial charge on any atom is -0.452 e. The molecule has 1 aromatic carbocycles. The number of carbonyl (C=O) groups is 2. The summed E-state index contributed by atoms with van der Waals surface area (Å²) >= 11 is 6.04. The van der Waals surface area contributed by atoms with Gasteiger partial charge in [-0.3, -0.25) is 4.79 Å². The standard InChI is InChI=1S/C20H23ClN2O3/c1-11(2)15-8-6-7-12(3)18(15)23-16(24)10-26-20(25)17-13(4)9-14(5)22-19(17)21/h6-9,11H,10H2,1-5H3,(H,23,24). The number of nitrogens with zero attached hydrogens (tertiary/aromatic N) is 1.